The van der Waals surface area contributed by atoms with Gasteiger partial charge < -0.3 is 14.2 Å². The molecule has 0 saturated carbocycles. The number of thioether (sulfide) groups is 1. The average molecular weight is 552 g/mol. The molecule has 2 amide bonds. The van der Waals surface area contributed by atoms with Gasteiger partial charge in [0.25, 0.3) is 0 Å². The van der Waals surface area contributed by atoms with E-state index in [0.29, 0.717) is 44.8 Å². The molecule has 9 heteroatoms. The number of nitrogens with zero attached hydrogens (tertiary/aromatic N) is 3. The number of carbonyl (C=O) groups excluding carboxylic acids is 2. The van der Waals surface area contributed by atoms with Crippen LogP contribution in [0.2, 0.25) is 0 Å². The summed E-state index contributed by atoms with van der Waals surface area (Å²) in [4.78, 5) is 32.4. The van der Waals surface area contributed by atoms with Crippen LogP contribution < -0.4 is 19.1 Å². The first kappa shape index (κ1) is 26.8. The summed E-state index contributed by atoms with van der Waals surface area (Å²) in [7, 11) is 4.64. The number of benzene rings is 3. The second kappa shape index (κ2) is 11.5. The zero-order valence-electron chi connectivity index (χ0n) is 22.1. The zero-order valence-corrected chi connectivity index (χ0v) is 22.9. The first-order valence-electron chi connectivity index (χ1n) is 12.4. The molecule has 1 aliphatic rings. The maximum atomic E-state index is 13.5. The summed E-state index contributed by atoms with van der Waals surface area (Å²) in [5.74, 6) is 0.926. The Hall–Kier alpha value is -4.81. The average Bonchev–Trinajstić information content (AvgIpc) is 3.28. The Morgan fingerprint density at radius 2 is 1.65 bits per heavy atom. The van der Waals surface area contributed by atoms with Gasteiger partial charge >= 0.3 is 0 Å². The smallest absolute Gasteiger partial charge is 0.247 e. The first-order valence-corrected chi connectivity index (χ1v) is 13.3. The van der Waals surface area contributed by atoms with Crippen molar-refractivity contribution >= 4 is 29.3 Å². The molecule has 1 aromatic heterocycles. The van der Waals surface area contributed by atoms with E-state index in [1.807, 2.05) is 48.5 Å². The maximum Gasteiger partial charge on any atom is 0.247 e. The van der Waals surface area contributed by atoms with Crippen molar-refractivity contribution in [2.75, 3.05) is 26.2 Å². The number of carbonyl (C=O) groups is 2. The summed E-state index contributed by atoms with van der Waals surface area (Å²) < 4.78 is 16.4. The van der Waals surface area contributed by atoms with E-state index in [1.165, 1.54) is 4.90 Å². The lowest BCUT2D eigenvalue weighted by Gasteiger charge is -2.18. The van der Waals surface area contributed by atoms with Crippen LogP contribution in [0, 0.1) is 11.3 Å². The molecule has 1 unspecified atom stereocenters. The van der Waals surface area contributed by atoms with E-state index in [0.717, 1.165) is 17.3 Å². The highest BCUT2D eigenvalue weighted by Gasteiger charge is 2.41. The molecule has 1 fully saturated rings. The van der Waals surface area contributed by atoms with Gasteiger partial charge in [-0.3, -0.25) is 9.59 Å². The van der Waals surface area contributed by atoms with E-state index in [2.05, 4.69) is 6.07 Å². The molecule has 1 atom stereocenters. The second-order valence-electron chi connectivity index (χ2n) is 8.83. The van der Waals surface area contributed by atoms with Crippen LogP contribution in [0.1, 0.15) is 12.0 Å². The van der Waals surface area contributed by atoms with Crippen LogP contribution >= 0.6 is 11.8 Å². The van der Waals surface area contributed by atoms with Gasteiger partial charge in [0.1, 0.15) is 16.8 Å². The Bertz CT molecular complexity index is 1620. The number of hydrogen-bond acceptors (Lipinski definition) is 8. The van der Waals surface area contributed by atoms with Crippen LogP contribution in [0.25, 0.3) is 22.4 Å². The Morgan fingerprint density at radius 3 is 2.30 bits per heavy atom. The fourth-order valence-electron chi connectivity index (χ4n) is 4.62. The van der Waals surface area contributed by atoms with Crippen molar-refractivity contribution in [1.29, 1.82) is 5.26 Å². The van der Waals surface area contributed by atoms with E-state index in [9.17, 15) is 14.9 Å². The number of nitriles is 1. The van der Waals surface area contributed by atoms with Gasteiger partial charge in [-0.05, 0) is 36.4 Å². The van der Waals surface area contributed by atoms with Gasteiger partial charge in [-0.25, -0.2) is 9.88 Å². The molecule has 0 spiro atoms. The third-order valence-corrected chi connectivity index (χ3v) is 7.72. The highest BCUT2D eigenvalue weighted by atomic mass is 32.2. The predicted molar refractivity (Wildman–Crippen MR) is 153 cm³/mol. The fourth-order valence-corrected chi connectivity index (χ4v) is 5.74. The van der Waals surface area contributed by atoms with Crippen molar-refractivity contribution < 1.29 is 23.8 Å². The lowest BCUT2D eigenvalue weighted by Crippen LogP contribution is -2.31. The van der Waals surface area contributed by atoms with Crippen molar-refractivity contribution in [3.8, 4) is 45.7 Å². The Balaban J connectivity index is 1.60. The number of hydrogen-bond donors (Lipinski definition) is 0. The molecule has 3 aromatic carbocycles. The highest BCUT2D eigenvalue weighted by molar-refractivity contribution is 8.00. The molecule has 4 aromatic rings. The molecule has 5 rings (SSSR count). The van der Waals surface area contributed by atoms with Crippen molar-refractivity contribution in [3.63, 3.8) is 0 Å². The van der Waals surface area contributed by atoms with Crippen LogP contribution in [0.4, 0.5) is 5.69 Å². The van der Waals surface area contributed by atoms with Crippen molar-refractivity contribution in [2.24, 2.45) is 0 Å². The molecule has 0 radical (unpaired) electrons. The van der Waals surface area contributed by atoms with Crippen LogP contribution in [0.5, 0.6) is 17.2 Å². The number of aromatic nitrogens is 1. The Kier molecular flexibility index (Phi) is 7.71. The van der Waals surface area contributed by atoms with Gasteiger partial charge in [-0.15, -0.1) is 0 Å². The number of imide groups is 1. The number of pyridine rings is 1. The molecule has 40 heavy (non-hydrogen) atoms. The third-order valence-electron chi connectivity index (χ3n) is 6.55. The van der Waals surface area contributed by atoms with Crippen LogP contribution in [0.15, 0.2) is 83.9 Å². The monoisotopic (exact) mass is 551 g/mol. The number of ether oxygens (including phenoxy) is 3. The Morgan fingerprint density at radius 1 is 0.900 bits per heavy atom. The predicted octanol–water partition coefficient (Wildman–Crippen LogP) is 5.74. The normalized spacial score (nSPS) is 14.7. The van der Waals surface area contributed by atoms with E-state index in [4.69, 9.17) is 19.2 Å². The largest absolute Gasteiger partial charge is 0.497 e. The third kappa shape index (κ3) is 4.97. The SMILES string of the molecule is COc1ccc(N2C(=O)CC(Sc3nc(-c4ccccc4)cc(-c4cccc(OC)c4OC)c3C#N)C2=O)cc1. The fraction of sp³-hybridized carbons (Fsp3) is 0.161. The Labute approximate surface area is 236 Å². The zero-order chi connectivity index (χ0) is 28.2. The van der Waals surface area contributed by atoms with Crippen molar-refractivity contribution in [3.05, 3.63) is 84.4 Å². The van der Waals surface area contributed by atoms with Crippen molar-refractivity contribution in [1.82, 2.24) is 4.98 Å². The molecule has 1 saturated heterocycles. The minimum atomic E-state index is -0.750. The molecular formula is C31H25N3O5S. The number of anilines is 1. The summed E-state index contributed by atoms with van der Waals surface area (Å²) >= 11 is 1.12. The second-order valence-corrected chi connectivity index (χ2v) is 10.0. The lowest BCUT2D eigenvalue weighted by molar-refractivity contribution is -0.121. The lowest BCUT2D eigenvalue weighted by atomic mass is 9.98. The van der Waals surface area contributed by atoms with Gasteiger partial charge in [-0.2, -0.15) is 5.26 Å². The minimum absolute atomic E-state index is 0.0184. The van der Waals surface area contributed by atoms with Crippen LogP contribution in [-0.4, -0.2) is 43.4 Å². The van der Waals surface area contributed by atoms with Crippen molar-refractivity contribution in [2.45, 2.75) is 16.7 Å². The summed E-state index contributed by atoms with van der Waals surface area (Å²) in [6.07, 6.45) is -0.0184. The molecule has 0 bridgehead atoms. The molecule has 0 N–H and O–H groups in total. The molecular weight excluding hydrogens is 526 g/mol. The molecule has 0 aliphatic carbocycles. The summed E-state index contributed by atoms with van der Waals surface area (Å²) in [5, 5.41) is 9.94. The molecule has 1 aliphatic heterocycles. The molecule has 8 nitrogen and oxygen atoms in total. The number of methoxy groups -OCH3 is 3. The molecule has 2 heterocycles. The number of para-hydroxylation sites is 1. The van der Waals surface area contributed by atoms with E-state index in [1.54, 1.807) is 51.7 Å². The topological polar surface area (TPSA) is 102 Å². The standard InChI is InChI=1S/C31H25N3O5S/c1-37-21-14-12-20(13-15-21)34-28(35)17-27(31(34)36)40-30-24(18-32)23(16-25(33-30)19-8-5-4-6-9-19)22-10-7-11-26(38-2)29(22)39-3/h4-16,27H,17H2,1-3H3. The first-order chi connectivity index (χ1) is 19.5. The van der Waals surface area contributed by atoms with Gasteiger partial charge in [0.15, 0.2) is 11.5 Å². The van der Waals surface area contributed by atoms with Gasteiger partial charge in [0.2, 0.25) is 11.8 Å². The minimum Gasteiger partial charge on any atom is -0.497 e. The molecule has 200 valence electrons. The van der Waals surface area contributed by atoms with E-state index in [-0.39, 0.29) is 23.8 Å². The maximum absolute atomic E-state index is 13.5. The van der Waals surface area contributed by atoms with Crippen LogP contribution in [-0.2, 0) is 9.59 Å². The van der Waals surface area contributed by atoms with E-state index < -0.39 is 5.25 Å². The summed E-state index contributed by atoms with van der Waals surface area (Å²) in [5.41, 5.74) is 3.43. The van der Waals surface area contributed by atoms with Crippen LogP contribution in [0.3, 0.4) is 0 Å². The summed E-state index contributed by atoms with van der Waals surface area (Å²) in [6.45, 7) is 0. The van der Waals surface area contributed by atoms with Gasteiger partial charge in [-0.1, -0.05) is 54.2 Å². The number of rotatable bonds is 8. The van der Waals surface area contributed by atoms with Gasteiger partial charge in [0, 0.05) is 23.1 Å². The van der Waals surface area contributed by atoms with Gasteiger partial charge in [0.05, 0.1) is 43.5 Å². The highest BCUT2D eigenvalue weighted by Crippen LogP contribution is 2.44. The van der Waals surface area contributed by atoms with E-state index >= 15 is 0 Å². The summed E-state index contributed by atoms with van der Waals surface area (Å²) in [6, 6.07) is 25.8. The quantitative estimate of drug-likeness (QED) is 0.256. The number of amides is 2.